The van der Waals surface area contributed by atoms with E-state index in [-0.39, 0.29) is 18.0 Å². The SMILES string of the molecule is Cl.Fc1ccc(Br)c(F)c1CN1CCC2CNCC2C1. The summed E-state index contributed by atoms with van der Waals surface area (Å²) in [6.45, 7) is 4.35. The fraction of sp³-hybridized carbons (Fsp3) is 0.571. The lowest BCUT2D eigenvalue weighted by molar-refractivity contribution is 0.139. The molecule has 2 nitrogen and oxygen atoms in total. The zero-order chi connectivity index (χ0) is 13.4. The molecule has 2 unspecified atom stereocenters. The van der Waals surface area contributed by atoms with Crippen molar-refractivity contribution in [1.29, 1.82) is 0 Å². The minimum Gasteiger partial charge on any atom is -0.316 e. The minimum atomic E-state index is -0.466. The van der Waals surface area contributed by atoms with E-state index in [9.17, 15) is 8.78 Å². The largest absolute Gasteiger partial charge is 0.316 e. The molecule has 2 saturated heterocycles. The van der Waals surface area contributed by atoms with Crippen LogP contribution in [-0.2, 0) is 6.54 Å². The summed E-state index contributed by atoms with van der Waals surface area (Å²) >= 11 is 3.12. The Morgan fingerprint density at radius 1 is 1.25 bits per heavy atom. The number of benzene rings is 1. The van der Waals surface area contributed by atoms with Gasteiger partial charge in [0, 0.05) is 18.7 Å². The number of nitrogens with zero attached hydrogens (tertiary/aromatic N) is 1. The first-order valence-electron chi connectivity index (χ1n) is 6.70. The van der Waals surface area contributed by atoms with E-state index in [0.717, 1.165) is 38.5 Å². The van der Waals surface area contributed by atoms with Gasteiger partial charge in [-0.3, -0.25) is 4.90 Å². The van der Waals surface area contributed by atoms with Crippen LogP contribution in [0.3, 0.4) is 0 Å². The second-order valence-corrected chi connectivity index (χ2v) is 6.38. The molecular formula is C14H18BrClF2N2. The zero-order valence-electron chi connectivity index (χ0n) is 11.0. The van der Waals surface area contributed by atoms with Crippen LogP contribution in [0, 0.1) is 23.5 Å². The minimum absolute atomic E-state index is 0. The Kier molecular flexibility index (Phi) is 5.40. The van der Waals surface area contributed by atoms with Crippen LogP contribution < -0.4 is 5.32 Å². The topological polar surface area (TPSA) is 15.3 Å². The fourth-order valence-electron chi connectivity index (χ4n) is 3.19. The van der Waals surface area contributed by atoms with Crippen LogP contribution in [-0.4, -0.2) is 31.1 Å². The molecule has 0 aromatic heterocycles. The van der Waals surface area contributed by atoms with Gasteiger partial charge in [0.1, 0.15) is 11.6 Å². The van der Waals surface area contributed by atoms with Crippen molar-refractivity contribution in [1.82, 2.24) is 10.2 Å². The van der Waals surface area contributed by atoms with Crippen LogP contribution in [0.5, 0.6) is 0 Å². The van der Waals surface area contributed by atoms with Gasteiger partial charge >= 0.3 is 0 Å². The molecule has 2 aliphatic rings. The molecule has 0 amide bonds. The first-order chi connectivity index (χ1) is 9.15. The van der Waals surface area contributed by atoms with E-state index in [0.29, 0.717) is 16.9 Å². The van der Waals surface area contributed by atoms with Crippen molar-refractivity contribution in [3.05, 3.63) is 33.8 Å². The molecule has 6 heteroatoms. The van der Waals surface area contributed by atoms with Crippen molar-refractivity contribution in [2.75, 3.05) is 26.2 Å². The maximum atomic E-state index is 14.0. The Bertz CT molecular complexity index is 486. The number of fused-ring (bicyclic) bond motifs is 1. The molecule has 3 rings (SSSR count). The zero-order valence-corrected chi connectivity index (χ0v) is 13.4. The maximum Gasteiger partial charge on any atom is 0.144 e. The predicted octanol–water partition coefficient (Wildman–Crippen LogP) is 3.19. The Balaban J connectivity index is 0.00000147. The summed E-state index contributed by atoms with van der Waals surface area (Å²) in [7, 11) is 0. The highest BCUT2D eigenvalue weighted by molar-refractivity contribution is 9.10. The first kappa shape index (κ1) is 16.1. The smallest absolute Gasteiger partial charge is 0.144 e. The lowest BCUT2D eigenvalue weighted by Crippen LogP contribution is -2.39. The average molecular weight is 368 g/mol. The number of rotatable bonds is 2. The van der Waals surface area contributed by atoms with Crippen LogP contribution in [0.2, 0.25) is 0 Å². The van der Waals surface area contributed by atoms with E-state index in [1.54, 1.807) is 0 Å². The second-order valence-electron chi connectivity index (χ2n) is 5.52. The normalized spacial score (nSPS) is 26.1. The Morgan fingerprint density at radius 2 is 2.00 bits per heavy atom. The van der Waals surface area contributed by atoms with Crippen molar-refractivity contribution in [2.24, 2.45) is 11.8 Å². The number of hydrogen-bond donors (Lipinski definition) is 1. The summed E-state index contributed by atoms with van der Waals surface area (Å²) in [5, 5.41) is 3.40. The Hall–Kier alpha value is -0.230. The Morgan fingerprint density at radius 3 is 2.80 bits per heavy atom. The number of hydrogen-bond acceptors (Lipinski definition) is 2. The highest BCUT2D eigenvalue weighted by Gasteiger charge is 2.33. The van der Waals surface area contributed by atoms with Crippen LogP contribution in [0.25, 0.3) is 0 Å². The highest BCUT2D eigenvalue weighted by Crippen LogP contribution is 2.29. The molecule has 0 bridgehead atoms. The van der Waals surface area contributed by atoms with Crippen LogP contribution >= 0.6 is 28.3 Å². The van der Waals surface area contributed by atoms with Gasteiger partial charge in [0.2, 0.25) is 0 Å². The molecule has 1 aromatic carbocycles. The summed E-state index contributed by atoms with van der Waals surface area (Å²) < 4.78 is 28.0. The highest BCUT2D eigenvalue weighted by atomic mass is 79.9. The quantitative estimate of drug-likeness (QED) is 0.808. The summed E-state index contributed by atoms with van der Waals surface area (Å²) in [5.41, 5.74) is 0.179. The van der Waals surface area contributed by atoms with Crippen molar-refractivity contribution in [3.63, 3.8) is 0 Å². The van der Waals surface area contributed by atoms with Crippen molar-refractivity contribution in [3.8, 4) is 0 Å². The number of piperidine rings is 1. The monoisotopic (exact) mass is 366 g/mol. The van der Waals surface area contributed by atoms with Crippen molar-refractivity contribution < 1.29 is 8.78 Å². The number of likely N-dealkylation sites (tertiary alicyclic amines) is 1. The van der Waals surface area contributed by atoms with Crippen LogP contribution in [0.15, 0.2) is 16.6 Å². The molecule has 0 aliphatic carbocycles. The van der Waals surface area contributed by atoms with Crippen LogP contribution in [0.1, 0.15) is 12.0 Å². The third-order valence-corrected chi connectivity index (χ3v) is 4.92. The molecule has 112 valence electrons. The van der Waals surface area contributed by atoms with Gasteiger partial charge in [-0.1, -0.05) is 0 Å². The molecule has 20 heavy (non-hydrogen) atoms. The van der Waals surface area contributed by atoms with Gasteiger partial charge in [0.25, 0.3) is 0 Å². The molecular weight excluding hydrogens is 350 g/mol. The van der Waals surface area contributed by atoms with Gasteiger partial charge in [-0.15, -0.1) is 12.4 Å². The van der Waals surface area contributed by atoms with Gasteiger partial charge in [-0.25, -0.2) is 8.78 Å². The van der Waals surface area contributed by atoms with Gasteiger partial charge in [0.05, 0.1) is 4.47 Å². The Labute approximate surface area is 132 Å². The lowest BCUT2D eigenvalue weighted by Gasteiger charge is -2.34. The van der Waals surface area contributed by atoms with Gasteiger partial charge < -0.3 is 5.32 Å². The molecule has 0 radical (unpaired) electrons. The molecule has 2 aliphatic heterocycles. The van der Waals surface area contributed by atoms with Crippen molar-refractivity contribution in [2.45, 2.75) is 13.0 Å². The molecule has 0 saturated carbocycles. The van der Waals surface area contributed by atoms with Crippen molar-refractivity contribution >= 4 is 28.3 Å². The maximum absolute atomic E-state index is 14.0. The number of halogens is 4. The lowest BCUT2D eigenvalue weighted by atomic mass is 9.88. The van der Waals surface area contributed by atoms with Gasteiger partial charge in [-0.05, 0) is 66.0 Å². The standard InChI is InChI=1S/C14H17BrF2N2.ClH/c15-12-1-2-13(16)11(14(12)17)8-19-4-3-9-5-18-6-10(9)7-19;/h1-2,9-10,18H,3-8H2;1H. The van der Waals surface area contributed by atoms with Gasteiger partial charge in [-0.2, -0.15) is 0 Å². The molecule has 2 atom stereocenters. The third kappa shape index (κ3) is 3.16. The number of nitrogens with one attached hydrogen (secondary N) is 1. The molecule has 0 spiro atoms. The molecule has 2 fully saturated rings. The summed E-state index contributed by atoms with van der Waals surface area (Å²) in [4.78, 5) is 2.17. The van der Waals surface area contributed by atoms with E-state index in [2.05, 4.69) is 26.1 Å². The summed E-state index contributed by atoms with van der Waals surface area (Å²) in [6, 6.07) is 2.74. The van der Waals surface area contributed by atoms with E-state index < -0.39 is 11.6 Å². The van der Waals surface area contributed by atoms with E-state index in [4.69, 9.17) is 0 Å². The fourth-order valence-corrected chi connectivity index (χ4v) is 3.56. The summed E-state index contributed by atoms with van der Waals surface area (Å²) in [6.07, 6.45) is 1.12. The molecule has 1 aromatic rings. The third-order valence-electron chi connectivity index (χ3n) is 4.31. The first-order valence-corrected chi connectivity index (χ1v) is 7.50. The molecule has 2 heterocycles. The van der Waals surface area contributed by atoms with Gasteiger partial charge in [0.15, 0.2) is 0 Å². The summed E-state index contributed by atoms with van der Waals surface area (Å²) in [5.74, 6) is 0.458. The second kappa shape index (κ2) is 6.69. The van der Waals surface area contributed by atoms with Crippen LogP contribution in [0.4, 0.5) is 8.78 Å². The van der Waals surface area contributed by atoms with E-state index in [1.165, 1.54) is 12.1 Å². The average Bonchev–Trinajstić information content (AvgIpc) is 2.86. The van der Waals surface area contributed by atoms with E-state index >= 15 is 0 Å². The predicted molar refractivity (Wildman–Crippen MR) is 81.0 cm³/mol. The van der Waals surface area contributed by atoms with E-state index in [1.807, 2.05) is 0 Å². The molecule has 1 N–H and O–H groups in total.